The molecule has 8 heteroatoms. The Labute approximate surface area is 195 Å². The Morgan fingerprint density at radius 2 is 1.88 bits per heavy atom. The second-order valence-corrected chi connectivity index (χ2v) is 9.34. The molecule has 7 nitrogen and oxygen atoms in total. The second kappa shape index (κ2) is 9.89. The molecule has 3 aromatic rings. The lowest BCUT2D eigenvalue weighted by molar-refractivity contribution is -0.140. The fourth-order valence-corrected chi connectivity index (χ4v) is 5.25. The molecule has 1 aromatic heterocycles. The number of nitrogens with zero attached hydrogens (tertiary/aromatic N) is 1. The summed E-state index contributed by atoms with van der Waals surface area (Å²) in [5.41, 5.74) is 1.31. The predicted molar refractivity (Wildman–Crippen MR) is 128 cm³/mol. The van der Waals surface area contributed by atoms with E-state index in [4.69, 9.17) is 9.47 Å². The first-order chi connectivity index (χ1) is 15.8. The van der Waals surface area contributed by atoms with E-state index in [2.05, 4.69) is 9.71 Å². The summed E-state index contributed by atoms with van der Waals surface area (Å²) in [6, 6.07) is 13.7. The van der Waals surface area contributed by atoms with Crippen LogP contribution in [0.25, 0.3) is 10.9 Å². The first kappa shape index (κ1) is 24.7. The number of carbonyl (C=O) groups is 1. The predicted octanol–water partition coefficient (Wildman–Crippen LogP) is 4.40. The van der Waals surface area contributed by atoms with Gasteiger partial charge in [-0.2, -0.15) is 0 Å². The number of sulfonamides is 1. The molecular weight excluding hydrogens is 440 g/mol. The molecule has 2 aromatic carbocycles. The van der Waals surface area contributed by atoms with Gasteiger partial charge in [0.05, 0.1) is 17.5 Å². The molecule has 1 aliphatic rings. The highest BCUT2D eigenvalue weighted by molar-refractivity contribution is 7.90. The zero-order chi connectivity index (χ0) is 24.2. The van der Waals surface area contributed by atoms with E-state index in [1.165, 1.54) is 13.2 Å². The molecule has 1 atom stereocenters. The number of hydrogen-bond donors (Lipinski definition) is 1. The minimum Gasteiger partial charge on any atom is -0.496 e. The summed E-state index contributed by atoms with van der Waals surface area (Å²) >= 11 is 0. The van der Waals surface area contributed by atoms with Crippen LogP contribution in [0.5, 0.6) is 5.75 Å². The average Bonchev–Trinajstić information content (AvgIpc) is 3.31. The van der Waals surface area contributed by atoms with Gasteiger partial charge in [-0.3, -0.25) is 9.78 Å². The van der Waals surface area contributed by atoms with Crippen molar-refractivity contribution in [2.45, 2.75) is 51.0 Å². The van der Waals surface area contributed by atoms with E-state index in [0.29, 0.717) is 41.7 Å². The van der Waals surface area contributed by atoms with Crippen LogP contribution in [-0.4, -0.2) is 33.0 Å². The molecule has 1 fully saturated rings. The Balaban J connectivity index is 0.00000149. The highest BCUT2D eigenvalue weighted by Crippen LogP contribution is 2.42. The minimum absolute atomic E-state index is 0.00444. The maximum absolute atomic E-state index is 13.4. The van der Waals surface area contributed by atoms with Gasteiger partial charge in [0.1, 0.15) is 5.75 Å². The number of amides is 1. The van der Waals surface area contributed by atoms with E-state index in [1.54, 1.807) is 36.4 Å². The lowest BCUT2D eigenvalue weighted by atomic mass is 9.88. The number of aromatic nitrogens is 1. The van der Waals surface area contributed by atoms with Gasteiger partial charge in [0.15, 0.2) is 5.60 Å². The minimum atomic E-state index is -4.17. The number of nitrogens with one attached hydrogen (secondary N) is 1. The van der Waals surface area contributed by atoms with Gasteiger partial charge in [0.25, 0.3) is 15.9 Å². The van der Waals surface area contributed by atoms with Gasteiger partial charge in [-0.15, -0.1) is 0 Å². The van der Waals surface area contributed by atoms with Crippen LogP contribution < -0.4 is 9.46 Å². The van der Waals surface area contributed by atoms with E-state index in [9.17, 15) is 13.2 Å². The number of rotatable bonds is 5. The van der Waals surface area contributed by atoms with Crippen LogP contribution in [-0.2, 0) is 25.2 Å². The number of methoxy groups -OCH3 is 1. The monoisotopic (exact) mass is 470 g/mol. The normalized spacial score (nSPS) is 17.8. The molecule has 1 saturated heterocycles. The van der Waals surface area contributed by atoms with Crippen molar-refractivity contribution < 1.29 is 22.7 Å². The fourth-order valence-electron chi connectivity index (χ4n) is 4.01. The topological polar surface area (TPSA) is 94.6 Å². The van der Waals surface area contributed by atoms with E-state index >= 15 is 0 Å². The van der Waals surface area contributed by atoms with Crippen molar-refractivity contribution in [3.05, 3.63) is 65.4 Å². The molecule has 33 heavy (non-hydrogen) atoms. The average molecular weight is 471 g/mol. The molecule has 0 spiro atoms. The van der Waals surface area contributed by atoms with Crippen molar-refractivity contribution in [1.82, 2.24) is 9.71 Å². The third kappa shape index (κ3) is 4.72. The Bertz CT molecular complexity index is 1270. The van der Waals surface area contributed by atoms with Crippen LogP contribution in [0.1, 0.15) is 43.5 Å². The highest BCUT2D eigenvalue weighted by atomic mass is 32.2. The Morgan fingerprint density at radius 1 is 1.12 bits per heavy atom. The second-order valence-electron chi connectivity index (χ2n) is 7.69. The maximum atomic E-state index is 13.4. The molecule has 0 bridgehead atoms. The maximum Gasteiger partial charge on any atom is 0.270 e. The Kier molecular flexibility index (Phi) is 7.39. The van der Waals surface area contributed by atoms with Gasteiger partial charge in [-0.1, -0.05) is 31.5 Å². The van der Waals surface area contributed by atoms with Gasteiger partial charge in [-0.25, -0.2) is 13.1 Å². The number of hydrogen-bond acceptors (Lipinski definition) is 6. The number of fused-ring (bicyclic) bond motifs is 1. The van der Waals surface area contributed by atoms with Crippen LogP contribution in [0.3, 0.4) is 0 Å². The van der Waals surface area contributed by atoms with Gasteiger partial charge < -0.3 is 9.47 Å². The van der Waals surface area contributed by atoms with Crippen LogP contribution in [0.4, 0.5) is 0 Å². The van der Waals surface area contributed by atoms with Crippen molar-refractivity contribution >= 4 is 26.8 Å². The summed E-state index contributed by atoms with van der Waals surface area (Å²) in [6.45, 7) is 8.08. The summed E-state index contributed by atoms with van der Waals surface area (Å²) < 4.78 is 40.1. The van der Waals surface area contributed by atoms with Crippen molar-refractivity contribution in [1.29, 1.82) is 0 Å². The van der Waals surface area contributed by atoms with Gasteiger partial charge in [-0.05, 0) is 63.1 Å². The summed E-state index contributed by atoms with van der Waals surface area (Å²) in [4.78, 5) is 17.8. The molecule has 0 radical (unpaired) electrons. The molecule has 176 valence electrons. The highest BCUT2D eigenvalue weighted by Gasteiger charge is 2.48. The quantitative estimate of drug-likeness (QED) is 0.594. The molecule has 2 heterocycles. The van der Waals surface area contributed by atoms with Crippen LogP contribution >= 0.6 is 0 Å². The van der Waals surface area contributed by atoms with E-state index in [1.807, 2.05) is 33.8 Å². The number of aryl methyl sites for hydroxylation is 2. The number of benzene rings is 2. The molecule has 1 N–H and O–H groups in total. The molecule has 0 aliphatic carbocycles. The van der Waals surface area contributed by atoms with Crippen LogP contribution in [0.2, 0.25) is 0 Å². The van der Waals surface area contributed by atoms with Crippen LogP contribution in [0.15, 0.2) is 53.4 Å². The van der Waals surface area contributed by atoms with Crippen LogP contribution in [0, 0.1) is 13.8 Å². The lowest BCUT2D eigenvalue weighted by Gasteiger charge is -2.29. The third-order valence-electron chi connectivity index (χ3n) is 5.53. The zero-order valence-electron chi connectivity index (χ0n) is 19.6. The van der Waals surface area contributed by atoms with Crippen molar-refractivity contribution in [2.75, 3.05) is 13.7 Å². The van der Waals surface area contributed by atoms with E-state index in [-0.39, 0.29) is 4.90 Å². The summed E-state index contributed by atoms with van der Waals surface area (Å²) in [5.74, 6) is -0.254. The fraction of sp³-hybridized carbons (Fsp3) is 0.360. The van der Waals surface area contributed by atoms with E-state index < -0.39 is 21.5 Å². The number of ether oxygens (including phenoxy) is 2. The van der Waals surface area contributed by atoms with Gasteiger partial charge in [0.2, 0.25) is 0 Å². The zero-order valence-corrected chi connectivity index (χ0v) is 20.5. The molecule has 0 unspecified atom stereocenters. The first-order valence-electron chi connectivity index (χ1n) is 11.0. The SMILES string of the molecule is CC.COc1ccc(C)cc1[C@@]1(C(=O)NS(=O)(=O)c2cccc3nc(C)ccc23)CCCO1. The Hall–Kier alpha value is -2.97. The smallest absolute Gasteiger partial charge is 0.270 e. The standard InChI is InChI=1S/C23H24N2O5S.C2H6/c1-15-8-11-20(29-3)18(14-15)23(12-5-13-30-23)22(26)25-31(27,28)21-7-4-6-19-17(21)10-9-16(2)24-19;1-2/h4,6-11,14H,5,12-13H2,1-3H3,(H,25,26);1-2H3/t23-;/m1./s1. The molecule has 4 rings (SSSR count). The summed E-state index contributed by atoms with van der Waals surface area (Å²) in [6.07, 6.45) is 0.979. The van der Waals surface area contributed by atoms with Crippen molar-refractivity contribution in [3.63, 3.8) is 0 Å². The van der Waals surface area contributed by atoms with Crippen molar-refractivity contribution in [3.8, 4) is 5.75 Å². The number of carbonyl (C=O) groups excluding carboxylic acids is 1. The van der Waals surface area contributed by atoms with Gasteiger partial charge in [0, 0.05) is 23.3 Å². The van der Waals surface area contributed by atoms with E-state index in [0.717, 1.165) is 11.3 Å². The largest absolute Gasteiger partial charge is 0.496 e. The number of pyridine rings is 1. The molecule has 0 saturated carbocycles. The molecular formula is C25H30N2O5S. The lowest BCUT2D eigenvalue weighted by Crippen LogP contribution is -2.46. The first-order valence-corrected chi connectivity index (χ1v) is 12.5. The molecule has 1 aliphatic heterocycles. The van der Waals surface area contributed by atoms with Gasteiger partial charge >= 0.3 is 0 Å². The Morgan fingerprint density at radius 3 is 2.55 bits per heavy atom. The molecule has 1 amide bonds. The summed E-state index contributed by atoms with van der Waals surface area (Å²) in [5, 5.41) is 0.447. The third-order valence-corrected chi connectivity index (χ3v) is 6.92. The summed E-state index contributed by atoms with van der Waals surface area (Å²) in [7, 11) is -2.66. The van der Waals surface area contributed by atoms with Crippen molar-refractivity contribution in [2.24, 2.45) is 0 Å².